The van der Waals surface area contributed by atoms with Crippen LogP contribution in [0.25, 0.3) is 0 Å². The molecule has 106 valence electrons. The van der Waals surface area contributed by atoms with Crippen molar-refractivity contribution in [3.8, 4) is 0 Å². The van der Waals surface area contributed by atoms with Crippen LogP contribution < -0.4 is 5.32 Å². The first-order valence-electron chi connectivity index (χ1n) is 6.82. The number of carbonyl (C=O) groups is 2. The van der Waals surface area contributed by atoms with Crippen LogP contribution in [-0.4, -0.2) is 22.0 Å². The molecule has 1 N–H and O–H groups in total. The summed E-state index contributed by atoms with van der Waals surface area (Å²) in [4.78, 5) is 26.2. The maximum Gasteiger partial charge on any atom is 0.325 e. The fraction of sp³-hybridized carbons (Fsp3) is 0.267. The Morgan fingerprint density at radius 1 is 1.29 bits per heavy atom. The predicted molar refractivity (Wildman–Crippen MR) is 72.0 cm³/mol. The highest BCUT2D eigenvalue weighted by molar-refractivity contribution is 6.08. The Morgan fingerprint density at radius 3 is 2.95 bits per heavy atom. The number of hydrogen-bond donors (Lipinski definition) is 1. The highest BCUT2D eigenvalue weighted by Crippen LogP contribution is 2.41. The second kappa shape index (κ2) is 4.18. The Morgan fingerprint density at radius 2 is 2.14 bits per heavy atom. The van der Waals surface area contributed by atoms with Gasteiger partial charge in [0, 0.05) is 6.07 Å². The Kier molecular flexibility index (Phi) is 2.42. The van der Waals surface area contributed by atoms with Crippen molar-refractivity contribution in [3.05, 3.63) is 53.4 Å². The summed E-state index contributed by atoms with van der Waals surface area (Å²) in [5, 5.41) is 6.64. The molecule has 1 atom stereocenters. The Labute approximate surface area is 120 Å². The second-order valence-electron chi connectivity index (χ2n) is 5.37. The number of carbonyl (C=O) groups excluding carboxylic acids is 2. The third-order valence-corrected chi connectivity index (χ3v) is 4.23. The zero-order valence-corrected chi connectivity index (χ0v) is 11.2. The summed E-state index contributed by atoms with van der Waals surface area (Å²) in [7, 11) is 0. The fourth-order valence-electron chi connectivity index (χ4n) is 3.21. The van der Waals surface area contributed by atoms with Gasteiger partial charge in [0.15, 0.2) is 0 Å². The van der Waals surface area contributed by atoms with Gasteiger partial charge >= 0.3 is 6.03 Å². The SMILES string of the molecule is O=C1NC2(CCc3ccccc32)C(=O)N1Cc1ccon1. The van der Waals surface area contributed by atoms with Crippen LogP contribution in [0.1, 0.15) is 23.2 Å². The van der Waals surface area contributed by atoms with Gasteiger partial charge in [-0.05, 0) is 24.0 Å². The van der Waals surface area contributed by atoms with Gasteiger partial charge in [-0.3, -0.25) is 9.69 Å². The van der Waals surface area contributed by atoms with E-state index < -0.39 is 5.54 Å². The Balaban J connectivity index is 1.71. The summed E-state index contributed by atoms with van der Waals surface area (Å²) >= 11 is 0. The first-order valence-corrected chi connectivity index (χ1v) is 6.82. The monoisotopic (exact) mass is 283 g/mol. The number of nitrogens with one attached hydrogen (secondary N) is 1. The van der Waals surface area contributed by atoms with Crippen LogP contribution in [0, 0.1) is 0 Å². The van der Waals surface area contributed by atoms with Crippen molar-refractivity contribution < 1.29 is 14.1 Å². The molecule has 21 heavy (non-hydrogen) atoms. The number of fused-ring (bicyclic) bond motifs is 2. The Bertz CT molecular complexity index is 726. The van der Waals surface area contributed by atoms with Crippen molar-refractivity contribution >= 4 is 11.9 Å². The zero-order valence-electron chi connectivity index (χ0n) is 11.2. The number of rotatable bonds is 2. The van der Waals surface area contributed by atoms with Crippen LogP contribution in [0.5, 0.6) is 0 Å². The van der Waals surface area contributed by atoms with E-state index in [0.29, 0.717) is 12.1 Å². The minimum Gasteiger partial charge on any atom is -0.364 e. The number of aryl methyl sites for hydroxylation is 1. The number of urea groups is 1. The average Bonchev–Trinajstić information content (AvgIpc) is 3.17. The molecule has 0 radical (unpaired) electrons. The fourth-order valence-corrected chi connectivity index (χ4v) is 3.21. The standard InChI is InChI=1S/C15H13N3O3/c19-13-15(7-5-10-3-1-2-4-12(10)15)16-14(20)18(13)9-11-6-8-21-17-11/h1-4,6,8H,5,7,9H2,(H,16,20). The highest BCUT2D eigenvalue weighted by Gasteiger charge is 2.55. The van der Waals surface area contributed by atoms with E-state index in [4.69, 9.17) is 4.52 Å². The molecule has 6 heteroatoms. The van der Waals surface area contributed by atoms with Crippen molar-refractivity contribution in [2.24, 2.45) is 0 Å². The van der Waals surface area contributed by atoms with Gasteiger partial charge in [0.05, 0.1) is 6.54 Å². The highest BCUT2D eigenvalue weighted by atomic mass is 16.5. The molecule has 1 aliphatic heterocycles. The summed E-state index contributed by atoms with van der Waals surface area (Å²) in [5.41, 5.74) is 1.68. The molecule has 2 heterocycles. The summed E-state index contributed by atoms with van der Waals surface area (Å²) in [6.07, 6.45) is 2.82. The molecule has 4 rings (SSSR count). The third kappa shape index (κ3) is 1.62. The number of hydrogen-bond acceptors (Lipinski definition) is 4. The maximum atomic E-state index is 12.8. The van der Waals surface area contributed by atoms with Gasteiger partial charge in [-0.2, -0.15) is 0 Å². The van der Waals surface area contributed by atoms with Gasteiger partial charge < -0.3 is 9.84 Å². The first kappa shape index (κ1) is 12.1. The molecule has 1 saturated heterocycles. The molecule has 1 aromatic heterocycles. The van der Waals surface area contributed by atoms with E-state index in [1.807, 2.05) is 24.3 Å². The van der Waals surface area contributed by atoms with Crippen molar-refractivity contribution in [2.45, 2.75) is 24.9 Å². The van der Waals surface area contributed by atoms with Crippen LogP contribution in [-0.2, 0) is 23.3 Å². The van der Waals surface area contributed by atoms with Crippen molar-refractivity contribution in [1.29, 1.82) is 0 Å². The number of benzene rings is 1. The molecule has 1 fully saturated rings. The van der Waals surface area contributed by atoms with Crippen molar-refractivity contribution in [1.82, 2.24) is 15.4 Å². The quantitative estimate of drug-likeness (QED) is 0.849. The van der Waals surface area contributed by atoms with E-state index in [9.17, 15) is 9.59 Å². The Hall–Kier alpha value is -2.63. The summed E-state index contributed by atoms with van der Waals surface area (Å²) in [6.45, 7) is 0.130. The largest absolute Gasteiger partial charge is 0.364 e. The molecule has 3 amide bonds. The van der Waals surface area contributed by atoms with Gasteiger partial charge in [-0.1, -0.05) is 29.4 Å². The lowest BCUT2D eigenvalue weighted by atomic mass is 9.92. The lowest BCUT2D eigenvalue weighted by molar-refractivity contribution is -0.132. The number of nitrogens with zero attached hydrogens (tertiary/aromatic N) is 2. The van der Waals surface area contributed by atoms with Crippen LogP contribution >= 0.6 is 0 Å². The van der Waals surface area contributed by atoms with E-state index in [1.54, 1.807) is 6.07 Å². The summed E-state index contributed by atoms with van der Waals surface area (Å²) < 4.78 is 4.75. The normalized spacial score (nSPS) is 23.7. The molecule has 6 nitrogen and oxygen atoms in total. The van der Waals surface area contributed by atoms with Crippen molar-refractivity contribution in [3.63, 3.8) is 0 Å². The summed E-state index contributed by atoms with van der Waals surface area (Å²) in [5.74, 6) is -0.208. The minimum atomic E-state index is -0.905. The van der Waals surface area contributed by atoms with E-state index >= 15 is 0 Å². The van der Waals surface area contributed by atoms with E-state index in [1.165, 1.54) is 11.2 Å². The topological polar surface area (TPSA) is 75.4 Å². The smallest absolute Gasteiger partial charge is 0.325 e. The van der Waals surface area contributed by atoms with Crippen molar-refractivity contribution in [2.75, 3.05) is 0 Å². The van der Waals surface area contributed by atoms with E-state index in [0.717, 1.165) is 17.5 Å². The second-order valence-corrected chi connectivity index (χ2v) is 5.37. The first-order chi connectivity index (χ1) is 10.2. The molecule has 1 spiro atoms. The zero-order chi connectivity index (χ0) is 14.4. The number of aromatic nitrogens is 1. The molecule has 0 saturated carbocycles. The van der Waals surface area contributed by atoms with E-state index in [-0.39, 0.29) is 18.5 Å². The number of amides is 3. The van der Waals surface area contributed by atoms with Crippen LogP contribution in [0.15, 0.2) is 41.1 Å². The minimum absolute atomic E-state index is 0.130. The molecule has 1 unspecified atom stereocenters. The molecule has 2 aromatic rings. The van der Waals surface area contributed by atoms with Crippen LogP contribution in [0.3, 0.4) is 0 Å². The maximum absolute atomic E-state index is 12.8. The van der Waals surface area contributed by atoms with Crippen LogP contribution in [0.2, 0.25) is 0 Å². The molecular formula is C15H13N3O3. The lowest BCUT2D eigenvalue weighted by Gasteiger charge is -2.22. The predicted octanol–water partition coefficient (Wildman–Crippen LogP) is 1.57. The van der Waals surface area contributed by atoms with Gasteiger partial charge in [-0.15, -0.1) is 0 Å². The summed E-state index contributed by atoms with van der Waals surface area (Å²) in [6, 6.07) is 9.04. The molecule has 2 aliphatic rings. The molecule has 1 aromatic carbocycles. The van der Waals surface area contributed by atoms with E-state index in [2.05, 4.69) is 10.5 Å². The van der Waals surface area contributed by atoms with Crippen LogP contribution in [0.4, 0.5) is 4.79 Å². The third-order valence-electron chi connectivity index (χ3n) is 4.23. The molecule has 0 bridgehead atoms. The van der Waals surface area contributed by atoms with Gasteiger partial charge in [0.1, 0.15) is 17.5 Å². The molecule has 1 aliphatic carbocycles. The lowest BCUT2D eigenvalue weighted by Crippen LogP contribution is -2.41. The van der Waals surface area contributed by atoms with Gasteiger partial charge in [0.2, 0.25) is 0 Å². The average molecular weight is 283 g/mol. The number of imide groups is 1. The molecular weight excluding hydrogens is 270 g/mol. The van der Waals surface area contributed by atoms with Gasteiger partial charge in [0.25, 0.3) is 5.91 Å². The van der Waals surface area contributed by atoms with Gasteiger partial charge in [-0.25, -0.2) is 4.79 Å².